The lowest BCUT2D eigenvalue weighted by atomic mass is 9.99. The molecule has 1 amide bonds. The van der Waals surface area contributed by atoms with Crippen LogP contribution in [0.25, 0.3) is 0 Å². The Bertz CT molecular complexity index is 1350. The lowest BCUT2D eigenvalue weighted by Gasteiger charge is -2.17. The molecule has 184 valence electrons. The number of carbonyl (C=O) groups is 1. The van der Waals surface area contributed by atoms with E-state index in [1.807, 2.05) is 20.8 Å². The predicted octanol–water partition coefficient (Wildman–Crippen LogP) is 6.04. The van der Waals surface area contributed by atoms with Crippen molar-refractivity contribution < 1.29 is 27.1 Å². The fraction of sp³-hybridized carbons (Fsp3) is 0.208. The molecule has 0 saturated heterocycles. The number of hydrogen-bond donors (Lipinski definition) is 1. The Balaban J connectivity index is 1.80. The molecule has 35 heavy (non-hydrogen) atoms. The molecule has 0 aliphatic heterocycles. The SMILES string of the molecule is CC(C)(C)COS(=O)(=O)c1ccc(Oc2c(Cl)cccc2NC(=O)c2cccc([N+](=O)[O-])c2)cc1. The second-order valence-corrected chi connectivity index (χ2v) is 10.8. The Labute approximate surface area is 207 Å². The number of amides is 1. The molecule has 0 spiro atoms. The molecule has 0 aromatic heterocycles. The van der Waals surface area contributed by atoms with Crippen LogP contribution in [0.15, 0.2) is 71.6 Å². The third-order valence-electron chi connectivity index (χ3n) is 4.51. The fourth-order valence-electron chi connectivity index (χ4n) is 2.78. The zero-order valence-electron chi connectivity index (χ0n) is 19.1. The molecule has 9 nitrogen and oxygen atoms in total. The molecular formula is C24H23ClN2O7S. The summed E-state index contributed by atoms with van der Waals surface area (Å²) in [7, 11) is -3.94. The van der Waals surface area contributed by atoms with Gasteiger partial charge in [-0.1, -0.05) is 44.5 Å². The van der Waals surface area contributed by atoms with Crippen LogP contribution in [0.2, 0.25) is 5.02 Å². The minimum atomic E-state index is -3.94. The first-order chi connectivity index (χ1) is 16.4. The smallest absolute Gasteiger partial charge is 0.296 e. The molecule has 0 fully saturated rings. The first-order valence-corrected chi connectivity index (χ1v) is 12.2. The van der Waals surface area contributed by atoms with E-state index >= 15 is 0 Å². The second kappa shape index (κ2) is 10.4. The van der Waals surface area contributed by atoms with Crippen molar-refractivity contribution in [2.45, 2.75) is 25.7 Å². The highest BCUT2D eigenvalue weighted by Crippen LogP contribution is 2.37. The Kier molecular flexibility index (Phi) is 7.79. The van der Waals surface area contributed by atoms with Gasteiger partial charge in [0.1, 0.15) is 5.75 Å². The summed E-state index contributed by atoms with van der Waals surface area (Å²) in [5, 5.41) is 13.8. The summed E-state index contributed by atoms with van der Waals surface area (Å²) in [5.41, 5.74) is -0.248. The van der Waals surface area contributed by atoms with Crippen LogP contribution in [0, 0.1) is 15.5 Å². The van der Waals surface area contributed by atoms with Gasteiger partial charge in [-0.15, -0.1) is 0 Å². The van der Waals surface area contributed by atoms with Gasteiger partial charge in [0, 0.05) is 17.7 Å². The van der Waals surface area contributed by atoms with Crippen molar-refractivity contribution in [3.8, 4) is 11.5 Å². The molecule has 3 rings (SSSR count). The summed E-state index contributed by atoms with van der Waals surface area (Å²) in [6.45, 7) is 5.61. The first-order valence-electron chi connectivity index (χ1n) is 10.4. The number of non-ortho nitro benzene ring substituents is 1. The second-order valence-electron chi connectivity index (χ2n) is 8.73. The average molecular weight is 519 g/mol. The van der Waals surface area contributed by atoms with Crippen LogP contribution in [0.4, 0.5) is 11.4 Å². The van der Waals surface area contributed by atoms with E-state index in [-0.39, 0.29) is 50.4 Å². The van der Waals surface area contributed by atoms with Crippen molar-refractivity contribution >= 4 is 39.0 Å². The van der Waals surface area contributed by atoms with Crippen molar-refractivity contribution in [1.82, 2.24) is 0 Å². The molecule has 0 bridgehead atoms. The normalized spacial score (nSPS) is 11.7. The van der Waals surface area contributed by atoms with Gasteiger partial charge in [0.15, 0.2) is 5.75 Å². The van der Waals surface area contributed by atoms with Crippen LogP contribution < -0.4 is 10.1 Å². The van der Waals surface area contributed by atoms with Gasteiger partial charge in [-0.25, -0.2) is 0 Å². The molecular weight excluding hydrogens is 496 g/mol. The van der Waals surface area contributed by atoms with Crippen molar-refractivity contribution in [2.75, 3.05) is 11.9 Å². The number of nitrogens with zero attached hydrogens (tertiary/aromatic N) is 1. The third kappa shape index (κ3) is 7.01. The Morgan fingerprint density at radius 1 is 1.06 bits per heavy atom. The highest BCUT2D eigenvalue weighted by molar-refractivity contribution is 7.86. The van der Waals surface area contributed by atoms with Crippen LogP contribution >= 0.6 is 11.6 Å². The van der Waals surface area contributed by atoms with Gasteiger partial charge in [0.05, 0.1) is 27.1 Å². The van der Waals surface area contributed by atoms with Gasteiger partial charge < -0.3 is 10.1 Å². The molecule has 0 atom stereocenters. The van der Waals surface area contributed by atoms with Crippen LogP contribution in [0.1, 0.15) is 31.1 Å². The van der Waals surface area contributed by atoms with E-state index in [2.05, 4.69) is 5.32 Å². The maximum atomic E-state index is 12.7. The quantitative estimate of drug-likeness (QED) is 0.219. The monoisotopic (exact) mass is 518 g/mol. The molecule has 11 heteroatoms. The molecule has 0 aliphatic carbocycles. The summed E-state index contributed by atoms with van der Waals surface area (Å²) >= 11 is 6.28. The number of anilines is 1. The summed E-state index contributed by atoms with van der Waals surface area (Å²) < 4.78 is 35.7. The predicted molar refractivity (Wildman–Crippen MR) is 132 cm³/mol. The average Bonchev–Trinajstić information content (AvgIpc) is 2.80. The van der Waals surface area contributed by atoms with Gasteiger partial charge in [-0.05, 0) is 47.9 Å². The van der Waals surface area contributed by atoms with E-state index in [0.29, 0.717) is 0 Å². The number of para-hydroxylation sites is 1. The largest absolute Gasteiger partial charge is 0.454 e. The molecule has 0 radical (unpaired) electrons. The summed E-state index contributed by atoms with van der Waals surface area (Å²) in [5.74, 6) is -0.218. The highest BCUT2D eigenvalue weighted by Gasteiger charge is 2.21. The Hall–Kier alpha value is -3.47. The number of rotatable bonds is 8. The number of nitro groups is 1. The van der Waals surface area contributed by atoms with E-state index in [4.69, 9.17) is 20.5 Å². The molecule has 3 aromatic rings. The number of halogens is 1. The van der Waals surface area contributed by atoms with Crippen molar-refractivity contribution in [1.29, 1.82) is 0 Å². The molecule has 3 aromatic carbocycles. The number of nitro benzene ring substituents is 1. The zero-order chi connectivity index (χ0) is 25.8. The Morgan fingerprint density at radius 3 is 2.34 bits per heavy atom. The van der Waals surface area contributed by atoms with Crippen molar-refractivity contribution in [3.05, 3.63) is 87.4 Å². The third-order valence-corrected chi connectivity index (χ3v) is 6.09. The fourth-order valence-corrected chi connectivity index (χ4v) is 4.11. The molecule has 1 N–H and O–H groups in total. The molecule has 0 unspecified atom stereocenters. The van der Waals surface area contributed by atoms with Crippen LogP contribution in [0.5, 0.6) is 11.5 Å². The molecule has 0 aliphatic rings. The minimum Gasteiger partial charge on any atom is -0.454 e. The molecule has 0 heterocycles. The minimum absolute atomic E-state index is 0.0286. The Morgan fingerprint density at radius 2 is 1.71 bits per heavy atom. The highest BCUT2D eigenvalue weighted by atomic mass is 35.5. The zero-order valence-corrected chi connectivity index (χ0v) is 20.7. The van der Waals surface area contributed by atoms with Crippen LogP contribution in [-0.2, 0) is 14.3 Å². The number of carbonyl (C=O) groups excluding carboxylic acids is 1. The van der Waals surface area contributed by atoms with Gasteiger partial charge in [0.2, 0.25) is 0 Å². The van der Waals surface area contributed by atoms with Gasteiger partial charge in [-0.3, -0.25) is 19.1 Å². The summed E-state index contributed by atoms with van der Waals surface area (Å²) in [6, 6.07) is 15.5. The van der Waals surface area contributed by atoms with E-state index in [0.717, 1.165) is 6.07 Å². The maximum absolute atomic E-state index is 12.7. The summed E-state index contributed by atoms with van der Waals surface area (Å²) in [6.07, 6.45) is 0. The maximum Gasteiger partial charge on any atom is 0.296 e. The van der Waals surface area contributed by atoms with Crippen LogP contribution in [0.3, 0.4) is 0 Å². The van der Waals surface area contributed by atoms with Crippen LogP contribution in [-0.4, -0.2) is 25.9 Å². The van der Waals surface area contributed by atoms with Gasteiger partial charge in [-0.2, -0.15) is 8.42 Å². The van der Waals surface area contributed by atoms with Crippen molar-refractivity contribution in [2.24, 2.45) is 5.41 Å². The lowest BCUT2D eigenvalue weighted by Crippen LogP contribution is -2.18. The topological polar surface area (TPSA) is 125 Å². The van der Waals surface area contributed by atoms with Crippen molar-refractivity contribution in [3.63, 3.8) is 0 Å². The first kappa shape index (κ1) is 26.1. The van der Waals surface area contributed by atoms with E-state index in [1.165, 1.54) is 42.5 Å². The number of hydrogen-bond acceptors (Lipinski definition) is 7. The van der Waals surface area contributed by atoms with Gasteiger partial charge >= 0.3 is 0 Å². The van der Waals surface area contributed by atoms with E-state index in [1.54, 1.807) is 18.2 Å². The standard InChI is InChI=1S/C24H23ClN2O7S/c1-24(2,3)15-33-35(31,32)19-12-10-18(11-13-19)34-22-20(25)8-5-9-21(22)26-23(28)16-6-4-7-17(14-16)27(29)30/h4-14H,15H2,1-3H3,(H,26,28). The lowest BCUT2D eigenvalue weighted by molar-refractivity contribution is -0.384. The van der Waals surface area contributed by atoms with E-state index in [9.17, 15) is 23.3 Å². The number of ether oxygens (including phenoxy) is 1. The van der Waals surface area contributed by atoms with Gasteiger partial charge in [0.25, 0.3) is 21.7 Å². The number of benzene rings is 3. The summed E-state index contributed by atoms with van der Waals surface area (Å²) in [4.78, 5) is 23.0. The number of nitrogens with one attached hydrogen (secondary N) is 1. The van der Waals surface area contributed by atoms with E-state index < -0.39 is 20.9 Å². The molecule has 0 saturated carbocycles.